The van der Waals surface area contributed by atoms with Crippen LogP contribution in [0.3, 0.4) is 0 Å². The van der Waals surface area contributed by atoms with Crippen molar-refractivity contribution in [1.29, 1.82) is 0 Å². The van der Waals surface area contributed by atoms with Crippen LogP contribution in [0, 0.1) is 5.82 Å². The molecule has 3 rings (SSSR count). The molecule has 0 atom stereocenters. The standard InChI is InChI=1S/C17H12BrClFNOS/c1-2-21-15(10-3-5-11(20)6-4-10)13(9-14(19)17(21)22)12-7-8-23-16(12)18/h3-9H,2H2,1H3. The lowest BCUT2D eigenvalue weighted by Crippen LogP contribution is -2.22. The topological polar surface area (TPSA) is 22.0 Å². The Hall–Kier alpha value is -1.43. The summed E-state index contributed by atoms with van der Waals surface area (Å²) < 4.78 is 15.8. The SMILES string of the molecule is CCn1c(-c2ccc(F)cc2)c(-c2ccsc2Br)cc(Cl)c1=O. The highest BCUT2D eigenvalue weighted by atomic mass is 79.9. The van der Waals surface area contributed by atoms with Crippen molar-refractivity contribution in [2.45, 2.75) is 13.5 Å². The van der Waals surface area contributed by atoms with Gasteiger partial charge < -0.3 is 4.57 Å². The van der Waals surface area contributed by atoms with E-state index in [0.717, 1.165) is 26.2 Å². The average Bonchev–Trinajstić information content (AvgIpc) is 2.96. The Morgan fingerprint density at radius 1 is 1.22 bits per heavy atom. The van der Waals surface area contributed by atoms with Gasteiger partial charge in [-0.05, 0) is 70.2 Å². The van der Waals surface area contributed by atoms with Crippen molar-refractivity contribution in [3.63, 3.8) is 0 Å². The molecular formula is C17H12BrClFNOS. The van der Waals surface area contributed by atoms with E-state index < -0.39 is 0 Å². The van der Waals surface area contributed by atoms with E-state index in [1.165, 1.54) is 12.1 Å². The first-order valence-electron chi connectivity index (χ1n) is 6.95. The molecule has 0 saturated heterocycles. The van der Waals surface area contributed by atoms with Gasteiger partial charge in [0.05, 0.1) is 9.48 Å². The van der Waals surface area contributed by atoms with Crippen LogP contribution >= 0.6 is 38.9 Å². The minimum absolute atomic E-state index is 0.172. The first-order chi connectivity index (χ1) is 11.0. The Morgan fingerprint density at radius 2 is 1.91 bits per heavy atom. The Morgan fingerprint density at radius 3 is 2.48 bits per heavy atom. The van der Waals surface area contributed by atoms with Crippen molar-refractivity contribution < 1.29 is 4.39 Å². The van der Waals surface area contributed by atoms with Gasteiger partial charge in [-0.3, -0.25) is 4.79 Å². The molecule has 0 bridgehead atoms. The van der Waals surface area contributed by atoms with Crippen molar-refractivity contribution in [3.8, 4) is 22.4 Å². The minimum Gasteiger partial charge on any atom is -0.307 e. The molecule has 0 aliphatic carbocycles. The first-order valence-corrected chi connectivity index (χ1v) is 9.00. The smallest absolute Gasteiger partial charge is 0.269 e. The summed E-state index contributed by atoms with van der Waals surface area (Å²) in [7, 11) is 0. The third-order valence-electron chi connectivity index (χ3n) is 3.59. The minimum atomic E-state index is -0.314. The third kappa shape index (κ3) is 3.01. The second kappa shape index (κ2) is 6.59. The highest BCUT2D eigenvalue weighted by Crippen LogP contribution is 2.39. The third-order valence-corrected chi connectivity index (χ3v) is 5.55. The summed E-state index contributed by atoms with van der Waals surface area (Å²) >= 11 is 11.2. The van der Waals surface area contributed by atoms with E-state index in [9.17, 15) is 9.18 Å². The molecule has 0 radical (unpaired) electrons. The molecule has 2 aromatic heterocycles. The Kier molecular flexibility index (Phi) is 4.71. The lowest BCUT2D eigenvalue weighted by molar-refractivity contribution is 0.628. The molecule has 23 heavy (non-hydrogen) atoms. The summed E-state index contributed by atoms with van der Waals surface area (Å²) in [6, 6.07) is 9.78. The van der Waals surface area contributed by atoms with Gasteiger partial charge in [0, 0.05) is 17.7 Å². The summed E-state index contributed by atoms with van der Waals surface area (Å²) in [5.41, 5.74) is 3.06. The van der Waals surface area contributed by atoms with Gasteiger partial charge in [-0.2, -0.15) is 0 Å². The van der Waals surface area contributed by atoms with Gasteiger partial charge in [0.1, 0.15) is 10.8 Å². The van der Waals surface area contributed by atoms with Crippen molar-refractivity contribution in [2.75, 3.05) is 0 Å². The number of aromatic nitrogens is 1. The van der Waals surface area contributed by atoms with Crippen LogP contribution in [0.2, 0.25) is 5.02 Å². The van der Waals surface area contributed by atoms with Crippen LogP contribution in [0.4, 0.5) is 4.39 Å². The van der Waals surface area contributed by atoms with E-state index in [-0.39, 0.29) is 16.4 Å². The Balaban J connectivity index is 2.39. The summed E-state index contributed by atoms with van der Waals surface area (Å²) in [6.45, 7) is 2.36. The number of hydrogen-bond donors (Lipinski definition) is 0. The van der Waals surface area contributed by atoms with E-state index in [2.05, 4.69) is 15.9 Å². The quantitative estimate of drug-likeness (QED) is 0.531. The van der Waals surface area contributed by atoms with Gasteiger partial charge >= 0.3 is 0 Å². The fourth-order valence-corrected chi connectivity index (χ4v) is 4.05. The molecule has 0 fully saturated rings. The van der Waals surface area contributed by atoms with Crippen LogP contribution in [0.15, 0.2) is 50.4 Å². The van der Waals surface area contributed by atoms with Gasteiger partial charge in [0.15, 0.2) is 0 Å². The summed E-state index contributed by atoms with van der Waals surface area (Å²) in [5, 5.41) is 2.13. The second-order valence-corrected chi connectivity index (χ2v) is 7.56. The summed E-state index contributed by atoms with van der Waals surface area (Å²) in [5.74, 6) is -0.314. The molecule has 0 aliphatic heterocycles. The van der Waals surface area contributed by atoms with E-state index in [1.54, 1.807) is 34.1 Å². The average molecular weight is 413 g/mol. The predicted octanol–water partition coefficient (Wildman–Crippen LogP) is 5.82. The zero-order chi connectivity index (χ0) is 16.6. The van der Waals surface area contributed by atoms with Crippen LogP contribution < -0.4 is 5.56 Å². The molecule has 1 aromatic carbocycles. The number of hydrogen-bond acceptors (Lipinski definition) is 2. The summed E-state index contributed by atoms with van der Waals surface area (Å²) in [4.78, 5) is 12.4. The van der Waals surface area contributed by atoms with Gasteiger partial charge in [-0.25, -0.2) is 4.39 Å². The summed E-state index contributed by atoms with van der Waals surface area (Å²) in [6.07, 6.45) is 0. The second-order valence-electron chi connectivity index (χ2n) is 4.92. The maximum Gasteiger partial charge on any atom is 0.269 e. The lowest BCUT2D eigenvalue weighted by atomic mass is 10.0. The normalized spacial score (nSPS) is 11.0. The highest BCUT2D eigenvalue weighted by molar-refractivity contribution is 9.11. The van der Waals surface area contributed by atoms with Crippen molar-refractivity contribution in [2.24, 2.45) is 0 Å². The van der Waals surface area contributed by atoms with Gasteiger partial charge in [-0.15, -0.1) is 11.3 Å². The molecule has 118 valence electrons. The van der Waals surface area contributed by atoms with Crippen molar-refractivity contribution in [1.82, 2.24) is 4.57 Å². The zero-order valence-corrected chi connectivity index (χ0v) is 15.3. The molecule has 3 aromatic rings. The molecule has 2 heterocycles. The molecule has 0 unspecified atom stereocenters. The van der Waals surface area contributed by atoms with E-state index >= 15 is 0 Å². The van der Waals surface area contributed by atoms with Crippen LogP contribution in [0.5, 0.6) is 0 Å². The Labute approximate surface area is 150 Å². The molecule has 0 amide bonds. The fourth-order valence-electron chi connectivity index (χ4n) is 2.55. The number of thiophene rings is 1. The van der Waals surface area contributed by atoms with Gasteiger partial charge in [0.25, 0.3) is 5.56 Å². The molecule has 0 N–H and O–H groups in total. The van der Waals surface area contributed by atoms with Crippen molar-refractivity contribution in [3.05, 3.63) is 66.8 Å². The van der Waals surface area contributed by atoms with Crippen molar-refractivity contribution >= 4 is 38.9 Å². The lowest BCUT2D eigenvalue weighted by Gasteiger charge is -2.17. The maximum absolute atomic E-state index is 13.3. The van der Waals surface area contributed by atoms with Crippen LogP contribution in [-0.4, -0.2) is 4.57 Å². The highest BCUT2D eigenvalue weighted by Gasteiger charge is 2.18. The predicted molar refractivity (Wildman–Crippen MR) is 97.8 cm³/mol. The number of rotatable bonds is 3. The van der Waals surface area contributed by atoms with E-state index in [4.69, 9.17) is 11.6 Å². The Bertz CT molecular complexity index is 917. The molecule has 0 aliphatic rings. The fraction of sp³-hybridized carbons (Fsp3) is 0.118. The molecule has 0 saturated carbocycles. The first kappa shape index (κ1) is 16.4. The monoisotopic (exact) mass is 411 g/mol. The molecule has 0 spiro atoms. The number of halogens is 3. The largest absolute Gasteiger partial charge is 0.307 e. The van der Waals surface area contributed by atoms with Crippen LogP contribution in [-0.2, 0) is 6.54 Å². The molecular weight excluding hydrogens is 401 g/mol. The van der Waals surface area contributed by atoms with E-state index in [1.807, 2.05) is 18.4 Å². The number of benzene rings is 1. The molecule has 6 heteroatoms. The number of nitrogens with zero attached hydrogens (tertiary/aromatic N) is 1. The van der Waals surface area contributed by atoms with E-state index in [0.29, 0.717) is 6.54 Å². The zero-order valence-electron chi connectivity index (χ0n) is 12.1. The number of pyridine rings is 1. The van der Waals surface area contributed by atoms with Gasteiger partial charge in [-0.1, -0.05) is 11.6 Å². The van der Waals surface area contributed by atoms with Crippen LogP contribution in [0.1, 0.15) is 6.92 Å². The molecule has 2 nitrogen and oxygen atoms in total. The maximum atomic E-state index is 13.3. The van der Waals surface area contributed by atoms with Gasteiger partial charge in [0.2, 0.25) is 0 Å². The van der Waals surface area contributed by atoms with Crippen LogP contribution in [0.25, 0.3) is 22.4 Å².